The van der Waals surface area contributed by atoms with Gasteiger partial charge in [0.15, 0.2) is 4.84 Å². The van der Waals surface area contributed by atoms with E-state index in [0.717, 1.165) is 11.4 Å². The second-order valence-corrected chi connectivity index (χ2v) is 6.39. The molecule has 1 amide bonds. The van der Waals surface area contributed by atoms with Crippen LogP contribution in [0.1, 0.15) is 18.4 Å². The third-order valence-corrected chi connectivity index (χ3v) is 4.63. The molecule has 1 fully saturated rings. The number of anilines is 1. The fourth-order valence-corrected chi connectivity index (χ4v) is 2.75. The van der Waals surface area contributed by atoms with Crippen LogP contribution in [0.5, 0.6) is 0 Å². The van der Waals surface area contributed by atoms with Crippen LogP contribution in [0.15, 0.2) is 0 Å². The van der Waals surface area contributed by atoms with E-state index in [-0.39, 0.29) is 10.8 Å². The van der Waals surface area contributed by atoms with Gasteiger partial charge in [0.25, 0.3) is 5.91 Å². The first-order valence-electron chi connectivity index (χ1n) is 4.50. The van der Waals surface area contributed by atoms with Crippen LogP contribution in [0.25, 0.3) is 0 Å². The average molecular weight is 301 g/mol. The van der Waals surface area contributed by atoms with Gasteiger partial charge in [0.05, 0.1) is 0 Å². The smallest absolute Gasteiger partial charge is 0.259 e. The van der Waals surface area contributed by atoms with Crippen molar-refractivity contribution in [1.29, 1.82) is 0 Å². The van der Waals surface area contributed by atoms with Gasteiger partial charge in [-0.25, -0.2) is 0 Å². The zero-order chi connectivity index (χ0) is 11.9. The maximum absolute atomic E-state index is 11.2. The molecule has 0 saturated heterocycles. The van der Waals surface area contributed by atoms with Crippen LogP contribution in [-0.2, 0) is 10.2 Å². The van der Waals surface area contributed by atoms with Crippen molar-refractivity contribution in [3.8, 4) is 0 Å². The van der Waals surface area contributed by atoms with Crippen molar-refractivity contribution in [3.63, 3.8) is 0 Å². The molecule has 1 aliphatic carbocycles. The summed E-state index contributed by atoms with van der Waals surface area (Å²) >= 11 is 18.1. The molecule has 8 heteroatoms. The first-order chi connectivity index (χ1) is 7.43. The molecule has 1 saturated carbocycles. The van der Waals surface area contributed by atoms with E-state index < -0.39 is 10.7 Å². The molecule has 0 radical (unpaired) electrons. The van der Waals surface area contributed by atoms with Gasteiger partial charge in [0, 0.05) is 10.8 Å². The second-order valence-electron chi connectivity index (χ2n) is 3.79. The number of rotatable bonds is 3. The lowest BCUT2D eigenvalue weighted by molar-refractivity contribution is -0.114. The highest BCUT2D eigenvalue weighted by Gasteiger charge is 2.53. The van der Waals surface area contributed by atoms with Crippen molar-refractivity contribution >= 4 is 57.2 Å². The minimum Gasteiger partial charge on any atom is -0.298 e. The maximum atomic E-state index is 11.2. The van der Waals surface area contributed by atoms with Crippen LogP contribution in [0.3, 0.4) is 0 Å². The number of hydrogen-bond donors (Lipinski definition) is 1. The third kappa shape index (κ3) is 2.27. The highest BCUT2D eigenvalue weighted by molar-refractivity contribution is 7.15. The van der Waals surface area contributed by atoms with Gasteiger partial charge in [0.2, 0.25) is 5.13 Å². The molecule has 88 valence electrons. The molecule has 2 atom stereocenters. The Balaban J connectivity index is 2.06. The summed E-state index contributed by atoms with van der Waals surface area (Å²) in [6.07, 6.45) is 0.880. The first-order valence-corrected chi connectivity index (χ1v) is 6.63. The van der Waals surface area contributed by atoms with Gasteiger partial charge in [0.1, 0.15) is 5.01 Å². The molecule has 1 aliphatic rings. The number of halogens is 3. The number of amides is 1. The van der Waals surface area contributed by atoms with Crippen LogP contribution in [0, 0.1) is 0 Å². The van der Waals surface area contributed by atoms with Crippen LogP contribution < -0.4 is 5.32 Å². The Morgan fingerprint density at radius 2 is 2.25 bits per heavy atom. The van der Waals surface area contributed by atoms with E-state index in [0.29, 0.717) is 5.13 Å². The van der Waals surface area contributed by atoms with Crippen molar-refractivity contribution in [2.75, 3.05) is 5.32 Å². The van der Waals surface area contributed by atoms with E-state index in [9.17, 15) is 4.79 Å². The fraction of sp³-hybridized carbons (Fsp3) is 0.625. The zero-order valence-corrected chi connectivity index (χ0v) is 11.3. The van der Waals surface area contributed by atoms with Crippen LogP contribution >= 0.6 is 46.1 Å². The topological polar surface area (TPSA) is 54.9 Å². The highest BCUT2D eigenvalue weighted by Crippen LogP contribution is 2.52. The maximum Gasteiger partial charge on any atom is 0.259 e. The van der Waals surface area contributed by atoms with Gasteiger partial charge >= 0.3 is 0 Å². The Hall–Kier alpha value is -0.100. The molecule has 0 bridgehead atoms. The normalized spacial score (nSPS) is 28.2. The van der Waals surface area contributed by atoms with E-state index in [4.69, 9.17) is 34.8 Å². The van der Waals surface area contributed by atoms with E-state index in [1.807, 2.05) is 6.92 Å². The Morgan fingerprint density at radius 1 is 1.62 bits per heavy atom. The summed E-state index contributed by atoms with van der Waals surface area (Å²) in [4.78, 5) is 10.1. The molecule has 0 spiro atoms. The molecule has 1 aromatic rings. The summed E-state index contributed by atoms with van der Waals surface area (Å²) < 4.78 is 0. The average Bonchev–Trinajstić information content (AvgIpc) is 2.66. The number of alkyl halides is 3. The molecule has 2 unspecified atom stereocenters. The molecule has 0 aromatic carbocycles. The van der Waals surface area contributed by atoms with Gasteiger partial charge in [-0.15, -0.1) is 21.8 Å². The zero-order valence-electron chi connectivity index (χ0n) is 8.21. The summed E-state index contributed by atoms with van der Waals surface area (Å²) in [6.45, 7) is 2.02. The van der Waals surface area contributed by atoms with Crippen LogP contribution in [0.4, 0.5) is 5.13 Å². The summed E-state index contributed by atoms with van der Waals surface area (Å²) in [5.41, 5.74) is -0.108. The quantitative estimate of drug-likeness (QED) is 0.873. The Kier molecular flexibility index (Phi) is 3.32. The molecular formula is C8H8Cl3N3OS. The molecular weight excluding hydrogens is 293 g/mol. The van der Waals surface area contributed by atoms with Gasteiger partial charge < -0.3 is 0 Å². The molecule has 16 heavy (non-hydrogen) atoms. The van der Waals surface area contributed by atoms with E-state index in [1.54, 1.807) is 0 Å². The number of hydrogen-bond acceptors (Lipinski definition) is 4. The van der Waals surface area contributed by atoms with E-state index in [2.05, 4.69) is 15.5 Å². The van der Waals surface area contributed by atoms with Crippen molar-refractivity contribution in [3.05, 3.63) is 5.01 Å². The van der Waals surface area contributed by atoms with E-state index >= 15 is 0 Å². The van der Waals surface area contributed by atoms with E-state index in [1.165, 1.54) is 11.3 Å². The lowest BCUT2D eigenvalue weighted by atomic mass is 10.2. The Labute approximate surface area is 111 Å². The SMILES string of the molecule is CC1(c2nnc(NC(=O)C(Cl)Cl)s2)CC1Cl. The Morgan fingerprint density at radius 3 is 2.75 bits per heavy atom. The number of nitrogens with zero attached hydrogens (tertiary/aromatic N) is 2. The number of carbonyl (C=O) groups excluding carboxylic acids is 1. The first kappa shape index (κ1) is 12.4. The van der Waals surface area contributed by atoms with Crippen molar-refractivity contribution in [2.45, 2.75) is 29.0 Å². The molecule has 0 aliphatic heterocycles. The molecule has 2 rings (SSSR count). The predicted octanol–water partition coefficient (Wildman–Crippen LogP) is 2.55. The van der Waals surface area contributed by atoms with Gasteiger partial charge in [-0.3, -0.25) is 10.1 Å². The summed E-state index contributed by atoms with van der Waals surface area (Å²) in [5.74, 6) is -0.505. The standard InChI is InChI=1S/C8H8Cl3N3OS/c1-8(2-3(8)9)6-13-14-7(16-6)12-5(15)4(10)11/h3-4H,2H2,1H3,(H,12,14,15). The largest absolute Gasteiger partial charge is 0.298 e. The lowest BCUT2D eigenvalue weighted by Crippen LogP contribution is -2.18. The predicted molar refractivity (Wildman–Crippen MR) is 65.6 cm³/mol. The number of carbonyl (C=O) groups is 1. The molecule has 1 aromatic heterocycles. The lowest BCUT2D eigenvalue weighted by Gasteiger charge is -2.01. The van der Waals surface area contributed by atoms with Gasteiger partial charge in [-0.1, -0.05) is 41.5 Å². The number of aromatic nitrogens is 2. The summed E-state index contributed by atoms with van der Waals surface area (Å²) in [5, 5.41) is 11.6. The fourth-order valence-electron chi connectivity index (χ4n) is 1.20. The second kappa shape index (κ2) is 4.29. The van der Waals surface area contributed by atoms with Crippen molar-refractivity contribution < 1.29 is 4.79 Å². The number of nitrogens with one attached hydrogen (secondary N) is 1. The van der Waals surface area contributed by atoms with Crippen molar-refractivity contribution in [1.82, 2.24) is 10.2 Å². The molecule has 4 nitrogen and oxygen atoms in total. The van der Waals surface area contributed by atoms with Crippen LogP contribution in [-0.4, -0.2) is 26.3 Å². The van der Waals surface area contributed by atoms with Gasteiger partial charge in [-0.2, -0.15) is 0 Å². The third-order valence-electron chi connectivity index (χ3n) is 2.48. The Bertz CT molecular complexity index is 424. The minimum absolute atomic E-state index is 0.0952. The van der Waals surface area contributed by atoms with Crippen molar-refractivity contribution in [2.24, 2.45) is 0 Å². The monoisotopic (exact) mass is 299 g/mol. The van der Waals surface area contributed by atoms with Crippen LogP contribution in [0.2, 0.25) is 0 Å². The highest BCUT2D eigenvalue weighted by atomic mass is 35.5. The minimum atomic E-state index is -1.11. The summed E-state index contributed by atoms with van der Waals surface area (Å²) in [6, 6.07) is 0. The molecule has 1 N–H and O–H groups in total. The summed E-state index contributed by atoms with van der Waals surface area (Å²) in [7, 11) is 0. The molecule has 1 heterocycles. The van der Waals surface area contributed by atoms with Gasteiger partial charge in [-0.05, 0) is 6.42 Å².